The van der Waals surface area contributed by atoms with Crippen LogP contribution in [0.15, 0.2) is 11.6 Å². The lowest BCUT2D eigenvalue weighted by molar-refractivity contribution is -0.193. The van der Waals surface area contributed by atoms with Crippen molar-refractivity contribution in [2.24, 2.45) is 28.6 Å². The van der Waals surface area contributed by atoms with Crippen molar-refractivity contribution in [3.8, 4) is 0 Å². The third-order valence-electron chi connectivity index (χ3n) is 8.69. The van der Waals surface area contributed by atoms with E-state index in [-0.39, 0.29) is 35.4 Å². The smallest absolute Gasteiger partial charge is 0.192 e. The van der Waals surface area contributed by atoms with Crippen molar-refractivity contribution in [3.05, 3.63) is 11.6 Å². The van der Waals surface area contributed by atoms with Gasteiger partial charge in [0.2, 0.25) is 0 Å². The Bertz CT molecular complexity index is 715. The van der Waals surface area contributed by atoms with Crippen molar-refractivity contribution >= 4 is 11.6 Å². The minimum Gasteiger partial charge on any atom is -0.393 e. The molecule has 6 nitrogen and oxygen atoms in total. The van der Waals surface area contributed by atoms with Gasteiger partial charge in [-0.3, -0.25) is 9.59 Å². The van der Waals surface area contributed by atoms with Gasteiger partial charge >= 0.3 is 0 Å². The second-order valence-electron chi connectivity index (χ2n) is 9.68. The number of carbonyl (C=O) groups excluding carboxylic acids is 2. The number of carbonyl (C=O) groups is 2. The van der Waals surface area contributed by atoms with Crippen LogP contribution in [0.1, 0.15) is 52.4 Å². The highest BCUT2D eigenvalue weighted by molar-refractivity contribution is 5.92. The molecular formula is C21H30O6. The molecule has 3 saturated carbocycles. The molecule has 0 aromatic heterocycles. The van der Waals surface area contributed by atoms with Gasteiger partial charge in [-0.15, -0.1) is 0 Å². The van der Waals surface area contributed by atoms with E-state index in [1.807, 2.05) is 0 Å². The van der Waals surface area contributed by atoms with Gasteiger partial charge in [0, 0.05) is 11.8 Å². The number of aliphatic hydroxyl groups excluding tert-OH is 3. The molecule has 0 bridgehead atoms. The molecule has 0 aromatic rings. The molecule has 3 fully saturated rings. The van der Waals surface area contributed by atoms with Gasteiger partial charge in [-0.2, -0.15) is 0 Å². The van der Waals surface area contributed by atoms with Gasteiger partial charge in [-0.05, 0) is 61.3 Å². The van der Waals surface area contributed by atoms with Crippen LogP contribution >= 0.6 is 0 Å². The minimum atomic E-state index is -2.03. The van der Waals surface area contributed by atoms with Gasteiger partial charge in [0.15, 0.2) is 17.2 Å². The Morgan fingerprint density at radius 3 is 2.63 bits per heavy atom. The van der Waals surface area contributed by atoms with E-state index in [4.69, 9.17) is 0 Å². The van der Waals surface area contributed by atoms with E-state index in [1.54, 1.807) is 13.0 Å². The number of hydrogen-bond donors (Lipinski definition) is 4. The average Bonchev–Trinajstić information content (AvgIpc) is 2.82. The zero-order valence-corrected chi connectivity index (χ0v) is 16.0. The number of aliphatic hydroxyl groups is 4. The Kier molecular flexibility index (Phi) is 4.25. The first-order valence-corrected chi connectivity index (χ1v) is 10.1. The zero-order valence-electron chi connectivity index (χ0n) is 16.0. The van der Waals surface area contributed by atoms with Crippen LogP contribution in [0, 0.1) is 28.6 Å². The van der Waals surface area contributed by atoms with E-state index in [0.717, 1.165) is 18.4 Å². The second kappa shape index (κ2) is 5.96. The fourth-order valence-corrected chi connectivity index (χ4v) is 7.32. The van der Waals surface area contributed by atoms with Crippen molar-refractivity contribution in [2.45, 2.75) is 70.2 Å². The highest BCUT2D eigenvalue weighted by Crippen LogP contribution is 2.67. The Morgan fingerprint density at radius 1 is 1.26 bits per heavy atom. The van der Waals surface area contributed by atoms with Crippen LogP contribution in [0.2, 0.25) is 0 Å². The summed E-state index contributed by atoms with van der Waals surface area (Å²) in [5.74, 6) is -0.726. The third-order valence-corrected chi connectivity index (χ3v) is 8.69. The Morgan fingerprint density at radius 2 is 1.96 bits per heavy atom. The van der Waals surface area contributed by atoms with Crippen LogP contribution in [-0.2, 0) is 9.59 Å². The summed E-state index contributed by atoms with van der Waals surface area (Å²) in [6.45, 7) is 3.08. The van der Waals surface area contributed by atoms with Crippen molar-refractivity contribution in [3.63, 3.8) is 0 Å². The number of fused-ring (bicyclic) bond motifs is 5. The molecule has 4 rings (SSSR count). The molecule has 4 aliphatic carbocycles. The number of hydrogen-bond acceptors (Lipinski definition) is 6. The lowest BCUT2D eigenvalue weighted by Crippen LogP contribution is -2.64. The third kappa shape index (κ3) is 2.27. The highest BCUT2D eigenvalue weighted by Gasteiger charge is 2.71. The number of Topliss-reactive ketones (excluding diaryl/α,β-unsaturated/α-hetero) is 1. The monoisotopic (exact) mass is 378 g/mol. The normalized spacial score (nSPS) is 51.9. The molecule has 0 aliphatic heterocycles. The molecule has 0 amide bonds. The van der Waals surface area contributed by atoms with Gasteiger partial charge in [0.05, 0.1) is 12.2 Å². The molecule has 0 spiro atoms. The number of ketones is 2. The van der Waals surface area contributed by atoms with E-state index < -0.39 is 35.6 Å². The summed E-state index contributed by atoms with van der Waals surface area (Å²) in [4.78, 5) is 24.3. The summed E-state index contributed by atoms with van der Waals surface area (Å²) in [6, 6.07) is 0. The topological polar surface area (TPSA) is 115 Å². The maximum absolute atomic E-state index is 12.4. The fraction of sp³-hybridized carbons (Fsp3) is 0.810. The first kappa shape index (κ1) is 19.2. The van der Waals surface area contributed by atoms with E-state index in [2.05, 4.69) is 6.92 Å². The molecule has 27 heavy (non-hydrogen) atoms. The van der Waals surface area contributed by atoms with E-state index in [1.165, 1.54) is 0 Å². The fourth-order valence-electron chi connectivity index (χ4n) is 7.32. The van der Waals surface area contributed by atoms with Crippen LogP contribution < -0.4 is 0 Å². The molecule has 8 unspecified atom stereocenters. The lowest BCUT2D eigenvalue weighted by Gasteiger charge is -2.60. The average molecular weight is 378 g/mol. The molecule has 4 N–H and O–H groups in total. The zero-order chi connectivity index (χ0) is 19.8. The van der Waals surface area contributed by atoms with E-state index >= 15 is 0 Å². The maximum Gasteiger partial charge on any atom is 0.192 e. The van der Waals surface area contributed by atoms with Crippen molar-refractivity contribution in [1.82, 2.24) is 0 Å². The first-order valence-electron chi connectivity index (χ1n) is 10.1. The largest absolute Gasteiger partial charge is 0.393 e. The predicted octanol–water partition coefficient (Wildman–Crippen LogP) is 0.752. The lowest BCUT2D eigenvalue weighted by atomic mass is 9.45. The molecular weight excluding hydrogens is 348 g/mol. The first-order chi connectivity index (χ1) is 12.6. The van der Waals surface area contributed by atoms with Crippen LogP contribution in [-0.4, -0.2) is 56.4 Å². The Balaban J connectivity index is 1.77. The molecule has 6 heteroatoms. The summed E-state index contributed by atoms with van der Waals surface area (Å²) >= 11 is 0. The van der Waals surface area contributed by atoms with Crippen molar-refractivity contribution in [2.75, 3.05) is 6.61 Å². The Labute approximate surface area is 159 Å². The van der Waals surface area contributed by atoms with Crippen molar-refractivity contribution in [1.29, 1.82) is 0 Å². The summed E-state index contributed by atoms with van der Waals surface area (Å²) in [7, 11) is 0. The van der Waals surface area contributed by atoms with Crippen LogP contribution in [0.25, 0.3) is 0 Å². The molecule has 8 atom stereocenters. The molecule has 150 valence electrons. The highest BCUT2D eigenvalue weighted by atomic mass is 16.4. The molecule has 0 radical (unpaired) electrons. The van der Waals surface area contributed by atoms with E-state index in [0.29, 0.717) is 19.3 Å². The van der Waals surface area contributed by atoms with Gasteiger partial charge < -0.3 is 20.4 Å². The van der Waals surface area contributed by atoms with E-state index in [9.17, 15) is 30.0 Å². The summed E-state index contributed by atoms with van der Waals surface area (Å²) in [6.07, 6.45) is 3.01. The van der Waals surface area contributed by atoms with Gasteiger partial charge in [0.25, 0.3) is 0 Å². The second-order valence-corrected chi connectivity index (χ2v) is 9.68. The summed E-state index contributed by atoms with van der Waals surface area (Å²) in [5.41, 5.74) is -2.15. The quantitative estimate of drug-likeness (QED) is 0.564. The van der Waals surface area contributed by atoms with Crippen LogP contribution in [0.5, 0.6) is 0 Å². The standard InChI is InChI=1S/C21H30O6/c1-19-6-5-12(23)7-11(19)3-4-13-14-8-16(25)21(27,17(26)10-22)20(14,2)9-15(24)18(13)19/h7,13-16,18,22,24-25,27H,3-6,8-10H2,1-2H3. The molecule has 0 aromatic carbocycles. The predicted molar refractivity (Wildman–Crippen MR) is 96.5 cm³/mol. The van der Waals surface area contributed by atoms with Crippen LogP contribution in [0.3, 0.4) is 0 Å². The van der Waals surface area contributed by atoms with Gasteiger partial charge in [0.1, 0.15) is 6.61 Å². The Hall–Kier alpha value is -1.08. The summed E-state index contributed by atoms with van der Waals surface area (Å²) < 4.78 is 0. The maximum atomic E-state index is 12.4. The van der Waals surface area contributed by atoms with Gasteiger partial charge in [-0.1, -0.05) is 19.4 Å². The number of allylic oxidation sites excluding steroid dienone is 1. The van der Waals surface area contributed by atoms with Crippen molar-refractivity contribution < 1.29 is 30.0 Å². The van der Waals surface area contributed by atoms with Gasteiger partial charge in [-0.25, -0.2) is 0 Å². The summed E-state index contributed by atoms with van der Waals surface area (Å²) in [5, 5.41) is 42.4. The van der Waals surface area contributed by atoms with Crippen LogP contribution in [0.4, 0.5) is 0 Å². The SMILES string of the molecule is CC12CCC(=O)C=C1CCC1C2C(O)CC2(C)C1CC(O)C2(O)C(=O)CO. The molecule has 0 saturated heterocycles. The molecule has 4 aliphatic rings. The molecule has 0 heterocycles. The number of rotatable bonds is 2. The minimum absolute atomic E-state index is 0.0533.